The summed E-state index contributed by atoms with van der Waals surface area (Å²) in [7, 11) is 0. The van der Waals surface area contributed by atoms with Crippen molar-refractivity contribution >= 4 is 35.0 Å². The van der Waals surface area contributed by atoms with Crippen molar-refractivity contribution in [1.29, 1.82) is 0 Å². The Morgan fingerprint density at radius 1 is 1.28 bits per heavy atom. The Morgan fingerprint density at radius 2 is 2.04 bits per heavy atom. The third kappa shape index (κ3) is 4.41. The van der Waals surface area contributed by atoms with E-state index in [0.29, 0.717) is 12.5 Å². The number of nitrogens with zero attached hydrogens (tertiary/aromatic N) is 2. The molecule has 0 aliphatic carbocycles. The molecule has 1 fully saturated rings. The van der Waals surface area contributed by atoms with Crippen molar-refractivity contribution in [3.63, 3.8) is 0 Å². The van der Waals surface area contributed by atoms with Gasteiger partial charge >= 0.3 is 6.03 Å². The highest BCUT2D eigenvalue weighted by molar-refractivity contribution is 7.98. The van der Waals surface area contributed by atoms with Gasteiger partial charge < -0.3 is 5.32 Å². The molecule has 7 heteroatoms. The first-order chi connectivity index (χ1) is 12.0. The Bertz CT molecular complexity index is 740. The number of urea groups is 1. The quantitative estimate of drug-likeness (QED) is 0.592. The Balaban J connectivity index is 1.50. The van der Waals surface area contributed by atoms with Gasteiger partial charge in [0.15, 0.2) is 0 Å². The first-order valence-electron chi connectivity index (χ1n) is 8.25. The van der Waals surface area contributed by atoms with E-state index in [9.17, 15) is 9.59 Å². The highest BCUT2D eigenvalue weighted by atomic mass is 32.2. The fraction of sp³-hybridized carbons (Fsp3) is 0.389. The number of hydrogen-bond donors (Lipinski definition) is 1. The zero-order valence-electron chi connectivity index (χ0n) is 14.3. The smallest absolute Gasteiger partial charge is 0.324 e. The van der Waals surface area contributed by atoms with Gasteiger partial charge in [0.25, 0.3) is 0 Å². The predicted molar refractivity (Wildman–Crippen MR) is 103 cm³/mol. The average molecular weight is 376 g/mol. The molecular formula is C18H21N3O2S2. The number of benzene rings is 1. The van der Waals surface area contributed by atoms with Crippen LogP contribution < -0.4 is 5.32 Å². The number of carbonyl (C=O) groups is 2. The lowest BCUT2D eigenvalue weighted by Gasteiger charge is -2.11. The van der Waals surface area contributed by atoms with Gasteiger partial charge in [-0.25, -0.2) is 9.78 Å². The molecule has 0 radical (unpaired) electrons. The topological polar surface area (TPSA) is 62.3 Å². The second-order valence-corrected chi connectivity index (χ2v) is 8.14. The highest BCUT2D eigenvalue weighted by Gasteiger charge is 2.27. The number of thioether (sulfide) groups is 1. The minimum atomic E-state index is -0.286. The molecule has 1 aromatic carbocycles. The van der Waals surface area contributed by atoms with Crippen LogP contribution >= 0.6 is 23.1 Å². The van der Waals surface area contributed by atoms with E-state index < -0.39 is 0 Å². The van der Waals surface area contributed by atoms with Crippen LogP contribution in [0.15, 0.2) is 29.6 Å². The van der Waals surface area contributed by atoms with E-state index in [-0.39, 0.29) is 18.5 Å². The van der Waals surface area contributed by atoms with Crippen molar-refractivity contribution < 1.29 is 9.59 Å². The minimum absolute atomic E-state index is 0.120. The van der Waals surface area contributed by atoms with Gasteiger partial charge in [0.1, 0.15) is 5.01 Å². The summed E-state index contributed by atoms with van der Waals surface area (Å²) in [6, 6.07) is 8.29. The van der Waals surface area contributed by atoms with E-state index in [1.54, 1.807) is 23.1 Å². The third-order valence-electron chi connectivity index (χ3n) is 4.02. The van der Waals surface area contributed by atoms with Crippen LogP contribution in [0.4, 0.5) is 4.79 Å². The summed E-state index contributed by atoms with van der Waals surface area (Å²) >= 11 is 3.33. The predicted octanol–water partition coefficient (Wildman–Crippen LogP) is 3.72. The Morgan fingerprint density at radius 3 is 2.68 bits per heavy atom. The van der Waals surface area contributed by atoms with E-state index in [1.165, 1.54) is 10.5 Å². The van der Waals surface area contributed by atoms with E-state index in [2.05, 4.69) is 48.8 Å². The van der Waals surface area contributed by atoms with Crippen LogP contribution in [0.1, 0.15) is 31.0 Å². The summed E-state index contributed by atoms with van der Waals surface area (Å²) < 4.78 is 0. The zero-order chi connectivity index (χ0) is 17.8. The molecule has 0 unspecified atom stereocenters. The van der Waals surface area contributed by atoms with Crippen molar-refractivity contribution in [3.05, 3.63) is 40.9 Å². The molecule has 1 aliphatic heterocycles. The lowest BCUT2D eigenvalue weighted by Crippen LogP contribution is -2.32. The summed E-state index contributed by atoms with van der Waals surface area (Å²) in [5, 5.41) is 5.63. The second-order valence-electron chi connectivity index (χ2n) is 6.18. The molecular weight excluding hydrogens is 354 g/mol. The molecule has 3 amide bonds. The number of nitrogens with one attached hydrogen (secondary N) is 1. The number of hydrogen-bond acceptors (Lipinski definition) is 5. The van der Waals surface area contributed by atoms with Gasteiger partial charge in [0.05, 0.1) is 12.2 Å². The van der Waals surface area contributed by atoms with Crippen LogP contribution in [0.5, 0.6) is 0 Å². The van der Waals surface area contributed by atoms with Gasteiger partial charge in [-0.2, -0.15) is 11.8 Å². The molecule has 0 bridgehead atoms. The molecule has 2 heterocycles. The maximum atomic E-state index is 11.5. The number of amides is 3. The summed E-state index contributed by atoms with van der Waals surface area (Å²) in [5.74, 6) is 1.88. The largest absolute Gasteiger partial charge is 0.329 e. The van der Waals surface area contributed by atoms with Crippen molar-refractivity contribution in [3.8, 4) is 10.6 Å². The maximum absolute atomic E-state index is 11.5. The molecule has 1 N–H and O–H groups in total. The third-order valence-corrected chi connectivity index (χ3v) is 5.93. The van der Waals surface area contributed by atoms with E-state index in [1.807, 2.05) is 0 Å². The van der Waals surface area contributed by atoms with Crippen molar-refractivity contribution in [2.24, 2.45) is 0 Å². The highest BCUT2D eigenvalue weighted by Crippen LogP contribution is 2.27. The summed E-state index contributed by atoms with van der Waals surface area (Å²) in [6.07, 6.45) is 0. The monoisotopic (exact) mass is 375 g/mol. The first-order valence-corrected chi connectivity index (χ1v) is 10.3. The molecule has 1 aliphatic rings. The van der Waals surface area contributed by atoms with E-state index >= 15 is 0 Å². The molecule has 2 aromatic rings. The summed E-state index contributed by atoms with van der Waals surface area (Å²) in [4.78, 5) is 28.9. The molecule has 0 spiro atoms. The number of aromatic nitrogens is 1. The van der Waals surface area contributed by atoms with Gasteiger partial charge in [0.2, 0.25) is 5.91 Å². The van der Waals surface area contributed by atoms with Gasteiger partial charge in [-0.15, -0.1) is 11.3 Å². The lowest BCUT2D eigenvalue weighted by atomic mass is 10.0. The van der Waals surface area contributed by atoms with Crippen molar-refractivity contribution in [2.75, 3.05) is 18.8 Å². The summed E-state index contributed by atoms with van der Waals surface area (Å²) in [6.45, 7) is 4.94. The fourth-order valence-electron chi connectivity index (χ4n) is 2.53. The fourth-order valence-corrected chi connectivity index (χ4v) is 4.27. The molecule has 0 saturated carbocycles. The first kappa shape index (κ1) is 17.9. The van der Waals surface area contributed by atoms with E-state index in [4.69, 9.17) is 4.98 Å². The summed E-state index contributed by atoms with van der Waals surface area (Å²) in [5.41, 5.74) is 3.51. The Hall–Kier alpha value is -1.86. The van der Waals surface area contributed by atoms with Crippen LogP contribution in [-0.2, 0) is 10.5 Å². The maximum Gasteiger partial charge on any atom is 0.324 e. The molecule has 132 valence electrons. The molecule has 25 heavy (non-hydrogen) atoms. The molecule has 0 atom stereocenters. The Labute approximate surface area is 155 Å². The molecule has 3 rings (SSSR count). The molecule has 1 aromatic heterocycles. The number of carbonyl (C=O) groups excluding carboxylic acids is 2. The zero-order valence-corrected chi connectivity index (χ0v) is 16.0. The average Bonchev–Trinajstić information content (AvgIpc) is 3.20. The van der Waals surface area contributed by atoms with Crippen LogP contribution in [0, 0.1) is 0 Å². The van der Waals surface area contributed by atoms with Crippen LogP contribution in [-0.4, -0.2) is 40.7 Å². The van der Waals surface area contributed by atoms with Gasteiger partial charge in [-0.1, -0.05) is 38.1 Å². The van der Waals surface area contributed by atoms with Crippen LogP contribution in [0.3, 0.4) is 0 Å². The van der Waals surface area contributed by atoms with Gasteiger partial charge in [-0.05, 0) is 11.5 Å². The van der Waals surface area contributed by atoms with Crippen LogP contribution in [0.2, 0.25) is 0 Å². The van der Waals surface area contributed by atoms with Gasteiger partial charge in [-0.3, -0.25) is 9.69 Å². The minimum Gasteiger partial charge on any atom is -0.329 e. The molecule has 5 nitrogen and oxygen atoms in total. The number of thiazole rings is 1. The normalized spacial score (nSPS) is 14.4. The molecule has 1 saturated heterocycles. The lowest BCUT2D eigenvalue weighted by molar-refractivity contribution is -0.124. The van der Waals surface area contributed by atoms with E-state index in [0.717, 1.165) is 27.8 Å². The number of imide groups is 1. The number of rotatable bonds is 7. The van der Waals surface area contributed by atoms with Crippen molar-refractivity contribution in [2.45, 2.75) is 25.5 Å². The van der Waals surface area contributed by atoms with Gasteiger partial charge in [0, 0.05) is 29.0 Å². The van der Waals surface area contributed by atoms with Crippen molar-refractivity contribution in [1.82, 2.24) is 15.2 Å². The standard InChI is InChI=1S/C18H21N3O2S2/c1-12(2)13-3-5-14(6-4-13)17-20-15(11-25-17)10-24-8-7-21-16(22)9-19-18(21)23/h3-6,11-12H,7-10H2,1-2H3,(H,19,23). The Kier molecular flexibility index (Phi) is 5.75. The SMILES string of the molecule is CC(C)c1ccc(-c2nc(CSCCN3C(=O)CNC3=O)cs2)cc1. The van der Waals surface area contributed by atoms with Crippen LogP contribution in [0.25, 0.3) is 10.6 Å². The second kappa shape index (κ2) is 8.01.